The second-order valence-corrected chi connectivity index (χ2v) is 7.57. The third kappa shape index (κ3) is 3.02. The number of halogens is 3. The van der Waals surface area contributed by atoms with Crippen LogP contribution in [0.15, 0.2) is 29.0 Å². The molecule has 156 valence electrons. The van der Waals surface area contributed by atoms with Crippen LogP contribution < -0.4 is 0 Å². The van der Waals surface area contributed by atoms with Crippen LogP contribution in [0, 0.1) is 18.3 Å². The molecule has 4 heterocycles. The summed E-state index contributed by atoms with van der Waals surface area (Å²) in [5.74, 6) is 1.01. The first-order valence-electron chi connectivity index (χ1n) is 9.34. The molecule has 1 aliphatic carbocycles. The topological polar surface area (TPSA) is 106 Å². The summed E-state index contributed by atoms with van der Waals surface area (Å²) in [6.07, 6.45) is -0.783. The summed E-state index contributed by atoms with van der Waals surface area (Å²) < 4.78 is 45.8. The summed E-state index contributed by atoms with van der Waals surface area (Å²) in [6, 6.07) is 4.97. The van der Waals surface area contributed by atoms with Gasteiger partial charge in [0.15, 0.2) is 11.5 Å². The van der Waals surface area contributed by atoms with Gasteiger partial charge in [-0.2, -0.15) is 23.4 Å². The van der Waals surface area contributed by atoms with E-state index in [4.69, 9.17) is 4.52 Å². The van der Waals surface area contributed by atoms with Crippen LogP contribution in [0.3, 0.4) is 0 Å². The highest BCUT2D eigenvalue weighted by Gasteiger charge is 2.50. The molecule has 0 saturated heterocycles. The number of aryl methyl sites for hydroxylation is 2. The quantitative estimate of drug-likeness (QED) is 0.489. The number of pyridine rings is 2. The van der Waals surface area contributed by atoms with Gasteiger partial charge in [-0.15, -0.1) is 0 Å². The van der Waals surface area contributed by atoms with E-state index in [1.165, 1.54) is 6.20 Å². The normalized spacial score (nSPS) is 15.2. The number of alkyl halides is 3. The Hall–Kier alpha value is -3.81. The molecule has 5 rings (SSSR count). The van der Waals surface area contributed by atoms with Gasteiger partial charge in [0.25, 0.3) is 0 Å². The number of nitriles is 1. The Balaban J connectivity index is 1.53. The highest BCUT2D eigenvalue weighted by atomic mass is 19.4. The molecule has 0 unspecified atom stereocenters. The third-order valence-electron chi connectivity index (χ3n) is 5.38. The smallest absolute Gasteiger partial charge is 0.337 e. The van der Waals surface area contributed by atoms with Crippen molar-refractivity contribution in [2.45, 2.75) is 31.4 Å². The van der Waals surface area contributed by atoms with E-state index in [2.05, 4.69) is 31.2 Å². The van der Waals surface area contributed by atoms with Crippen molar-refractivity contribution in [3.63, 3.8) is 0 Å². The Morgan fingerprint density at radius 3 is 2.58 bits per heavy atom. The molecule has 0 aliphatic heterocycles. The van der Waals surface area contributed by atoms with Gasteiger partial charge in [0.1, 0.15) is 16.6 Å². The van der Waals surface area contributed by atoms with Crippen LogP contribution in [0.4, 0.5) is 13.2 Å². The van der Waals surface area contributed by atoms with E-state index >= 15 is 0 Å². The van der Waals surface area contributed by atoms with E-state index in [1.807, 2.05) is 0 Å². The van der Waals surface area contributed by atoms with Gasteiger partial charge in [-0.1, -0.05) is 5.16 Å². The first-order chi connectivity index (χ1) is 14.7. The third-order valence-corrected chi connectivity index (χ3v) is 5.38. The summed E-state index contributed by atoms with van der Waals surface area (Å²) in [5, 5.41) is 13.2. The van der Waals surface area contributed by atoms with Gasteiger partial charge in [0.05, 0.1) is 11.6 Å². The molecule has 0 amide bonds. The predicted molar refractivity (Wildman–Crippen MR) is 101 cm³/mol. The van der Waals surface area contributed by atoms with Crippen LogP contribution in [0.1, 0.15) is 29.9 Å². The summed E-state index contributed by atoms with van der Waals surface area (Å²) in [5.41, 5.74) is 0.735. The lowest BCUT2D eigenvalue weighted by atomic mass is 10.1. The lowest BCUT2D eigenvalue weighted by Crippen LogP contribution is -2.05. The van der Waals surface area contributed by atoms with E-state index in [-0.39, 0.29) is 5.52 Å². The fourth-order valence-electron chi connectivity index (χ4n) is 3.41. The van der Waals surface area contributed by atoms with Crippen LogP contribution in [0.25, 0.3) is 34.1 Å². The molecule has 11 heteroatoms. The molecular formula is C20H14F3N7O. The summed E-state index contributed by atoms with van der Waals surface area (Å²) in [6.45, 7) is 1.80. The zero-order valence-electron chi connectivity index (χ0n) is 16.4. The van der Waals surface area contributed by atoms with Gasteiger partial charge in [-0.25, -0.2) is 9.97 Å². The minimum absolute atomic E-state index is 0.131. The maximum absolute atomic E-state index is 13.0. The molecule has 0 atom stereocenters. The molecule has 0 aromatic carbocycles. The number of rotatable bonds is 3. The number of hydrogen-bond acceptors (Lipinski definition) is 7. The van der Waals surface area contributed by atoms with E-state index < -0.39 is 17.2 Å². The number of hydrogen-bond donors (Lipinski definition) is 0. The monoisotopic (exact) mass is 425 g/mol. The highest BCUT2D eigenvalue weighted by Crippen LogP contribution is 2.47. The van der Waals surface area contributed by atoms with Crippen LogP contribution in [0.2, 0.25) is 0 Å². The van der Waals surface area contributed by atoms with Gasteiger partial charge in [0.2, 0.25) is 11.7 Å². The standard InChI is InChI=1S/C20H14F3N7O/c1-10-5-11(15-28-18(31-29-15)19(9-24)3-4-19)7-25-14(10)17-27-13-6-12(20(21,22)23)8-26-16(13)30(17)2/h5-8H,3-4H2,1-2H3. The zero-order valence-corrected chi connectivity index (χ0v) is 16.4. The van der Waals surface area contributed by atoms with Crippen molar-refractivity contribution in [1.29, 1.82) is 5.26 Å². The van der Waals surface area contributed by atoms with Crippen molar-refractivity contribution in [3.05, 3.63) is 41.5 Å². The van der Waals surface area contributed by atoms with Crippen LogP contribution in [0.5, 0.6) is 0 Å². The van der Waals surface area contributed by atoms with Crippen molar-refractivity contribution in [3.8, 4) is 29.0 Å². The largest absolute Gasteiger partial charge is 0.417 e. The average Bonchev–Trinajstić information content (AvgIpc) is 3.25. The molecule has 4 aromatic rings. The molecule has 31 heavy (non-hydrogen) atoms. The first kappa shape index (κ1) is 19.2. The fourth-order valence-corrected chi connectivity index (χ4v) is 3.41. The Morgan fingerprint density at radius 2 is 1.94 bits per heavy atom. The number of imidazole rings is 1. The Bertz CT molecular complexity index is 1380. The van der Waals surface area contributed by atoms with Crippen LogP contribution in [-0.2, 0) is 18.6 Å². The van der Waals surface area contributed by atoms with Crippen LogP contribution >= 0.6 is 0 Å². The van der Waals surface area contributed by atoms with Gasteiger partial charge < -0.3 is 9.09 Å². The Morgan fingerprint density at radius 1 is 1.16 bits per heavy atom. The molecular weight excluding hydrogens is 411 g/mol. The van der Waals surface area contributed by atoms with Crippen molar-refractivity contribution in [2.75, 3.05) is 0 Å². The molecule has 0 N–H and O–H groups in total. The first-order valence-corrected chi connectivity index (χ1v) is 9.34. The van der Waals surface area contributed by atoms with E-state index in [0.717, 1.165) is 17.8 Å². The maximum Gasteiger partial charge on any atom is 0.417 e. The Kier molecular flexibility index (Phi) is 3.92. The molecule has 8 nitrogen and oxygen atoms in total. The van der Waals surface area contributed by atoms with E-state index in [0.29, 0.717) is 47.3 Å². The molecule has 1 aliphatic rings. The van der Waals surface area contributed by atoms with Crippen molar-refractivity contribution < 1.29 is 17.7 Å². The highest BCUT2D eigenvalue weighted by molar-refractivity contribution is 5.78. The van der Waals surface area contributed by atoms with Crippen molar-refractivity contribution in [1.82, 2.24) is 29.7 Å². The minimum Gasteiger partial charge on any atom is -0.337 e. The van der Waals surface area contributed by atoms with Crippen molar-refractivity contribution >= 4 is 11.2 Å². The van der Waals surface area contributed by atoms with Gasteiger partial charge in [-0.05, 0) is 37.5 Å². The van der Waals surface area contributed by atoms with E-state index in [1.54, 1.807) is 24.6 Å². The molecule has 1 saturated carbocycles. The molecule has 4 aromatic heterocycles. The average molecular weight is 425 g/mol. The van der Waals surface area contributed by atoms with Crippen molar-refractivity contribution in [2.24, 2.45) is 7.05 Å². The fraction of sp³-hybridized carbons (Fsp3) is 0.300. The van der Waals surface area contributed by atoms with Crippen LogP contribution in [-0.4, -0.2) is 29.7 Å². The summed E-state index contributed by atoms with van der Waals surface area (Å²) >= 11 is 0. The van der Waals surface area contributed by atoms with E-state index in [9.17, 15) is 18.4 Å². The van der Waals surface area contributed by atoms with Gasteiger partial charge in [0, 0.05) is 25.0 Å². The number of aromatic nitrogens is 6. The zero-order chi connectivity index (χ0) is 22.0. The van der Waals surface area contributed by atoms with Gasteiger partial charge >= 0.3 is 6.18 Å². The predicted octanol–water partition coefficient (Wildman–Crippen LogP) is 3.96. The Labute approximate surface area is 173 Å². The molecule has 0 radical (unpaired) electrons. The van der Waals surface area contributed by atoms with Gasteiger partial charge in [-0.3, -0.25) is 4.98 Å². The number of fused-ring (bicyclic) bond motifs is 1. The second kappa shape index (κ2) is 6.34. The molecule has 0 bridgehead atoms. The lowest BCUT2D eigenvalue weighted by Gasteiger charge is -2.06. The number of nitrogens with zero attached hydrogens (tertiary/aromatic N) is 7. The second-order valence-electron chi connectivity index (χ2n) is 7.57. The molecule has 1 fully saturated rings. The SMILES string of the molecule is Cc1cc(-c2noc(C3(C#N)CC3)n2)cnc1-c1nc2cc(C(F)(F)F)cnc2n1C. The lowest BCUT2D eigenvalue weighted by molar-refractivity contribution is -0.137. The summed E-state index contributed by atoms with van der Waals surface area (Å²) in [7, 11) is 1.67. The molecule has 0 spiro atoms. The summed E-state index contributed by atoms with van der Waals surface area (Å²) in [4.78, 5) is 17.0. The minimum atomic E-state index is -4.50. The maximum atomic E-state index is 13.0.